The van der Waals surface area contributed by atoms with E-state index in [0.717, 1.165) is 18.4 Å². The van der Waals surface area contributed by atoms with Crippen molar-refractivity contribution in [3.63, 3.8) is 0 Å². The van der Waals surface area contributed by atoms with Gasteiger partial charge < -0.3 is 119 Å². The zero-order valence-electron chi connectivity index (χ0n) is 49.0. The second kappa shape index (κ2) is 23.3. The van der Waals surface area contributed by atoms with Gasteiger partial charge in [0.05, 0.1) is 44.2 Å². The van der Waals surface area contributed by atoms with Crippen LogP contribution in [-0.2, 0) is 52.2 Å². The summed E-state index contributed by atoms with van der Waals surface area (Å²) in [7, 11) is 0. The highest BCUT2D eigenvalue weighted by molar-refractivity contribution is 5.80. The van der Waals surface area contributed by atoms with E-state index < -0.39 is 207 Å². The fourth-order valence-electron chi connectivity index (χ4n) is 17.4. The van der Waals surface area contributed by atoms with E-state index in [1.54, 1.807) is 0 Å². The highest BCUT2D eigenvalue weighted by Crippen LogP contribution is 2.76. The molecular weight excluding hydrogens is 1100 g/mol. The molecule has 25 heteroatoms. The average molecular weight is 1190 g/mol. The van der Waals surface area contributed by atoms with Gasteiger partial charge in [0.25, 0.3) is 0 Å². The number of rotatable bonds is 11. The maximum Gasteiger partial charge on any atom is 0.317 e. The second-order valence-corrected chi connectivity index (χ2v) is 28.3. The van der Waals surface area contributed by atoms with E-state index in [2.05, 4.69) is 54.5 Å². The standard InChI is InChI=1S/C58H94O25/c1-23-34(63)38(67)41(70)48(76-23)81-45-43(72)50(78-29(20-59)44(45)80-47-40(69)36(65)27(60)21-74-47)79-33-13-14-55(7)30(54(33,5)6)12-15-56(8)31(55)11-10-25-26-18-53(3,4)16-17-58(26,32(62)19-57(25,56)9)52(73)83-51-46(37(66)28(61)22-75-51)82-49-42(71)39(68)35(64)24(2)77-49/h10,23-24,26-51,59-72H,11-22H2,1-9H3/t23-,24-,26?,27+,28-,29+,30?,31?,32+,33?,34-,35-,36-,37-,38+,39+,40+,41+,42+,43+,44+,45+,46+,47-,48-,49-,50-,51+,55?,56?,57+,58?/m0/s1. The molecule has 0 amide bonds. The van der Waals surface area contributed by atoms with E-state index in [1.807, 2.05) is 0 Å². The van der Waals surface area contributed by atoms with Crippen LogP contribution >= 0.6 is 0 Å². The van der Waals surface area contributed by atoms with Crippen LogP contribution in [0.5, 0.6) is 0 Å². The summed E-state index contributed by atoms with van der Waals surface area (Å²) in [5.74, 6) is -1.13. The molecule has 7 unspecified atom stereocenters. The number of fused-ring (bicyclic) bond motifs is 7. The SMILES string of the molecule is C[C@@H]1O[C@@H](O[C@@H]2[C@@H](O)[C@H](OC3CCC4(C)C(CCC5(C)C4CC=C4C6CC(C)(C)CCC6(C(=O)O[C@H]6OC[C@H](O)[C@H](O)[C@H]6O[C@@H]6O[C@@H](C)[C@H](O)[C@@H](O)[C@H]6O)[C@H](O)C[C@]45C)C3(C)C)O[C@H](CO)[C@H]2O[C@@H]2OC[C@@H](O)[C@H](O)[C@H]2O)[C@H](O)[C@H](O)[C@H]1O. The molecule has 0 aromatic carbocycles. The molecule has 10 rings (SSSR count). The molecule has 0 aromatic heterocycles. The summed E-state index contributed by atoms with van der Waals surface area (Å²) in [6.45, 7) is 16.8. The first-order chi connectivity index (χ1) is 38.8. The van der Waals surface area contributed by atoms with Gasteiger partial charge in [0.15, 0.2) is 31.3 Å². The van der Waals surface area contributed by atoms with Crippen LogP contribution in [0.4, 0.5) is 0 Å². The molecule has 0 bridgehead atoms. The Balaban J connectivity index is 0.894. The van der Waals surface area contributed by atoms with Crippen LogP contribution in [0, 0.1) is 50.2 Å². The maximum atomic E-state index is 15.3. The molecule has 83 heavy (non-hydrogen) atoms. The third kappa shape index (κ3) is 10.6. The summed E-state index contributed by atoms with van der Waals surface area (Å²) >= 11 is 0. The van der Waals surface area contributed by atoms with Crippen molar-refractivity contribution in [1.82, 2.24) is 0 Å². The molecule has 14 N–H and O–H groups in total. The summed E-state index contributed by atoms with van der Waals surface area (Å²) < 4.78 is 60.5. The van der Waals surface area contributed by atoms with Crippen molar-refractivity contribution in [2.45, 2.75) is 274 Å². The minimum Gasteiger partial charge on any atom is -0.432 e. The van der Waals surface area contributed by atoms with Crippen LogP contribution in [-0.4, -0.2) is 251 Å². The molecule has 0 aromatic rings. The van der Waals surface area contributed by atoms with Crippen molar-refractivity contribution in [3.05, 3.63) is 11.6 Å². The van der Waals surface area contributed by atoms with E-state index in [4.69, 9.17) is 47.4 Å². The smallest absolute Gasteiger partial charge is 0.317 e. The lowest BCUT2D eigenvalue weighted by Gasteiger charge is -2.71. The van der Waals surface area contributed by atoms with Crippen molar-refractivity contribution in [2.24, 2.45) is 50.2 Å². The number of ether oxygens (including phenoxy) is 10. The number of allylic oxidation sites excluding steroid dienone is 2. The number of esters is 1. The maximum absolute atomic E-state index is 15.3. The van der Waals surface area contributed by atoms with Gasteiger partial charge in [0.1, 0.15) is 97.0 Å². The number of carbonyl (C=O) groups excluding carboxylic acids is 1. The topological polar surface area (TPSA) is 393 Å². The minimum atomic E-state index is -1.82. The molecule has 476 valence electrons. The molecule has 5 saturated heterocycles. The van der Waals surface area contributed by atoms with Gasteiger partial charge in [-0.2, -0.15) is 0 Å². The molecule has 4 saturated carbocycles. The van der Waals surface area contributed by atoms with Crippen molar-refractivity contribution >= 4 is 5.97 Å². The summed E-state index contributed by atoms with van der Waals surface area (Å²) in [4.78, 5) is 15.3. The zero-order chi connectivity index (χ0) is 60.6. The molecule has 5 aliphatic carbocycles. The predicted molar refractivity (Wildman–Crippen MR) is 282 cm³/mol. The lowest BCUT2D eigenvalue weighted by molar-refractivity contribution is -0.388. The van der Waals surface area contributed by atoms with Gasteiger partial charge in [-0.15, -0.1) is 0 Å². The first-order valence-electron chi connectivity index (χ1n) is 30.0. The highest BCUT2D eigenvalue weighted by Gasteiger charge is 2.72. The quantitative estimate of drug-likeness (QED) is 0.0610. The first-order valence-corrected chi connectivity index (χ1v) is 30.0. The van der Waals surface area contributed by atoms with E-state index in [0.29, 0.717) is 32.1 Å². The largest absolute Gasteiger partial charge is 0.432 e. The third-order valence-electron chi connectivity index (χ3n) is 22.7. The Morgan fingerprint density at radius 2 is 1.11 bits per heavy atom. The number of aliphatic hydroxyl groups excluding tert-OH is 14. The molecule has 5 heterocycles. The highest BCUT2D eigenvalue weighted by atomic mass is 16.8. The van der Waals surface area contributed by atoms with Crippen LogP contribution in [0.1, 0.15) is 120 Å². The minimum absolute atomic E-state index is 0.0298. The van der Waals surface area contributed by atoms with Gasteiger partial charge in [-0.3, -0.25) is 4.79 Å². The van der Waals surface area contributed by atoms with E-state index in [9.17, 15) is 71.5 Å². The molecule has 32 atom stereocenters. The average Bonchev–Trinajstić information content (AvgIpc) is 0.902. The lowest BCUT2D eigenvalue weighted by Crippen LogP contribution is -2.69. The Kier molecular flexibility index (Phi) is 18.0. The Labute approximate surface area is 483 Å². The van der Waals surface area contributed by atoms with Crippen molar-refractivity contribution < 1.29 is 124 Å². The van der Waals surface area contributed by atoms with Gasteiger partial charge in [-0.25, -0.2) is 0 Å². The van der Waals surface area contributed by atoms with Crippen LogP contribution in [0.2, 0.25) is 0 Å². The monoisotopic (exact) mass is 1190 g/mol. The Bertz CT molecular complexity index is 2330. The molecule has 10 aliphatic rings. The zero-order valence-corrected chi connectivity index (χ0v) is 49.0. The fourth-order valence-corrected chi connectivity index (χ4v) is 17.4. The normalized spacial score (nSPS) is 55.1. The van der Waals surface area contributed by atoms with Crippen molar-refractivity contribution in [1.29, 1.82) is 0 Å². The van der Waals surface area contributed by atoms with Gasteiger partial charge in [-0.05, 0) is 116 Å². The van der Waals surface area contributed by atoms with Crippen LogP contribution in [0.3, 0.4) is 0 Å². The molecule has 25 nitrogen and oxygen atoms in total. The number of carbonyl (C=O) groups is 1. The van der Waals surface area contributed by atoms with Gasteiger partial charge >= 0.3 is 5.97 Å². The summed E-state index contributed by atoms with van der Waals surface area (Å²) in [6.07, 6.45) is -30.3. The van der Waals surface area contributed by atoms with Crippen LogP contribution < -0.4 is 0 Å². The molecule has 0 radical (unpaired) electrons. The van der Waals surface area contributed by atoms with Crippen molar-refractivity contribution in [2.75, 3.05) is 19.8 Å². The Morgan fingerprint density at radius 3 is 1.72 bits per heavy atom. The lowest BCUT2D eigenvalue weighted by atomic mass is 9.33. The van der Waals surface area contributed by atoms with E-state index in [1.165, 1.54) is 13.8 Å². The van der Waals surface area contributed by atoms with Gasteiger partial charge in [-0.1, -0.05) is 60.1 Å². The summed E-state index contributed by atoms with van der Waals surface area (Å²) in [5, 5.41) is 154. The van der Waals surface area contributed by atoms with Crippen LogP contribution in [0.25, 0.3) is 0 Å². The number of hydrogen-bond acceptors (Lipinski definition) is 25. The Morgan fingerprint density at radius 1 is 0.554 bits per heavy atom. The van der Waals surface area contributed by atoms with E-state index >= 15 is 4.79 Å². The predicted octanol–water partition coefficient (Wildman–Crippen LogP) is -1.91. The number of aliphatic hydroxyl groups is 14. The van der Waals surface area contributed by atoms with Crippen molar-refractivity contribution in [3.8, 4) is 0 Å². The third-order valence-corrected chi connectivity index (χ3v) is 22.7. The number of hydrogen-bond donors (Lipinski definition) is 14. The first kappa shape index (κ1) is 64.3. The fraction of sp³-hybridized carbons (Fsp3) is 0.948. The summed E-state index contributed by atoms with van der Waals surface area (Å²) in [6, 6.07) is 0. The van der Waals surface area contributed by atoms with E-state index in [-0.39, 0.29) is 35.5 Å². The summed E-state index contributed by atoms with van der Waals surface area (Å²) in [5.41, 5.74) is -2.54. The molecular formula is C58H94O25. The van der Waals surface area contributed by atoms with Crippen LogP contribution in [0.15, 0.2) is 11.6 Å². The van der Waals surface area contributed by atoms with Gasteiger partial charge in [0.2, 0.25) is 6.29 Å². The second-order valence-electron chi connectivity index (χ2n) is 28.3. The van der Waals surface area contributed by atoms with Gasteiger partial charge in [0, 0.05) is 0 Å². The molecule has 0 spiro atoms. The molecule has 9 fully saturated rings. The molecule has 5 aliphatic heterocycles. The Hall–Kier alpha value is -1.71.